The molecule has 0 radical (unpaired) electrons. The van der Waals surface area contributed by atoms with Gasteiger partial charge in [0.05, 0.1) is 18.4 Å². The lowest BCUT2D eigenvalue weighted by molar-refractivity contribution is -0.0583. The van der Waals surface area contributed by atoms with E-state index in [1.165, 1.54) is 0 Å². The van der Waals surface area contributed by atoms with Crippen LogP contribution in [0.4, 0.5) is 0 Å². The van der Waals surface area contributed by atoms with Crippen molar-refractivity contribution in [2.24, 2.45) is 10.6 Å². The number of oxime groups is 1. The topological polar surface area (TPSA) is 54.6 Å². The lowest BCUT2D eigenvalue weighted by atomic mass is 9.72. The van der Waals surface area contributed by atoms with Gasteiger partial charge < -0.3 is 9.57 Å². The monoisotopic (exact) mass is 220 g/mol. The highest BCUT2D eigenvalue weighted by Gasteiger charge is 2.66. The molecule has 1 fully saturated rings. The number of ether oxygens (including phenoxy) is 1. The van der Waals surface area contributed by atoms with Gasteiger partial charge in [0.25, 0.3) is 0 Å². The largest absolute Gasteiger partial charge is 0.494 e. The number of rotatable bonds is 3. The van der Waals surface area contributed by atoms with Gasteiger partial charge in [-0.2, -0.15) is 5.26 Å². The average molecular weight is 220 g/mol. The van der Waals surface area contributed by atoms with Gasteiger partial charge in [0.2, 0.25) is 5.60 Å². The van der Waals surface area contributed by atoms with Crippen LogP contribution in [-0.2, 0) is 9.57 Å². The smallest absolute Gasteiger partial charge is 0.217 e. The van der Waals surface area contributed by atoms with E-state index in [0.29, 0.717) is 12.4 Å². The van der Waals surface area contributed by atoms with Crippen LogP contribution in [0.25, 0.3) is 0 Å². The molecule has 2 rings (SSSR count). The van der Waals surface area contributed by atoms with Gasteiger partial charge in [-0.15, -0.1) is 0 Å². The zero-order chi connectivity index (χ0) is 11.8. The van der Waals surface area contributed by atoms with Crippen LogP contribution in [0.2, 0.25) is 0 Å². The fraction of sp³-hybridized carbons (Fsp3) is 0.667. The van der Waals surface area contributed by atoms with Crippen LogP contribution in [0.15, 0.2) is 17.5 Å². The molecule has 2 aliphatic rings. The SMILES string of the molecule is C=C(OCC)C12CCCC1(C#N)C(C)=NO2. The third-order valence-corrected chi connectivity index (χ3v) is 3.69. The van der Waals surface area contributed by atoms with Crippen LogP contribution in [0.3, 0.4) is 0 Å². The molecule has 1 saturated carbocycles. The normalized spacial score (nSPS) is 35.9. The molecule has 0 saturated heterocycles. The van der Waals surface area contributed by atoms with Gasteiger partial charge in [0, 0.05) is 0 Å². The molecule has 1 aliphatic carbocycles. The van der Waals surface area contributed by atoms with Gasteiger partial charge in [-0.25, -0.2) is 0 Å². The summed E-state index contributed by atoms with van der Waals surface area (Å²) >= 11 is 0. The van der Waals surface area contributed by atoms with Crippen LogP contribution in [0.1, 0.15) is 33.1 Å². The Labute approximate surface area is 95.5 Å². The van der Waals surface area contributed by atoms with Crippen molar-refractivity contribution in [3.63, 3.8) is 0 Å². The van der Waals surface area contributed by atoms with Crippen LogP contribution >= 0.6 is 0 Å². The van der Waals surface area contributed by atoms with E-state index in [0.717, 1.165) is 25.0 Å². The zero-order valence-corrected chi connectivity index (χ0v) is 9.75. The second-order valence-corrected chi connectivity index (χ2v) is 4.32. The van der Waals surface area contributed by atoms with Gasteiger partial charge in [-0.3, -0.25) is 0 Å². The Morgan fingerprint density at radius 1 is 1.69 bits per heavy atom. The number of fused-ring (bicyclic) bond motifs is 1. The van der Waals surface area contributed by atoms with E-state index in [2.05, 4.69) is 17.8 Å². The maximum Gasteiger partial charge on any atom is 0.217 e. The molecule has 0 spiro atoms. The predicted molar refractivity (Wildman–Crippen MR) is 59.6 cm³/mol. The molecule has 0 bridgehead atoms. The molecule has 4 nitrogen and oxygen atoms in total. The van der Waals surface area contributed by atoms with Crippen LogP contribution in [0.5, 0.6) is 0 Å². The Morgan fingerprint density at radius 2 is 2.44 bits per heavy atom. The summed E-state index contributed by atoms with van der Waals surface area (Å²) in [6.45, 7) is 8.19. The second-order valence-electron chi connectivity index (χ2n) is 4.32. The van der Waals surface area contributed by atoms with Crippen molar-refractivity contribution < 1.29 is 9.57 Å². The van der Waals surface area contributed by atoms with Gasteiger partial charge in [0.1, 0.15) is 11.2 Å². The molecule has 1 aliphatic heterocycles. The molecule has 0 aromatic rings. The minimum absolute atomic E-state index is 0.532. The Kier molecular flexibility index (Phi) is 2.42. The lowest BCUT2D eigenvalue weighted by Crippen LogP contribution is -2.46. The lowest BCUT2D eigenvalue weighted by Gasteiger charge is -2.33. The summed E-state index contributed by atoms with van der Waals surface area (Å²) in [6, 6.07) is 2.37. The van der Waals surface area contributed by atoms with E-state index >= 15 is 0 Å². The van der Waals surface area contributed by atoms with E-state index in [9.17, 15) is 5.26 Å². The van der Waals surface area contributed by atoms with E-state index in [1.807, 2.05) is 13.8 Å². The third-order valence-electron chi connectivity index (χ3n) is 3.69. The Morgan fingerprint density at radius 3 is 3.06 bits per heavy atom. The van der Waals surface area contributed by atoms with Crippen molar-refractivity contribution in [3.05, 3.63) is 12.3 Å². The fourth-order valence-electron chi connectivity index (χ4n) is 2.79. The minimum Gasteiger partial charge on any atom is -0.494 e. The van der Waals surface area contributed by atoms with E-state index < -0.39 is 11.0 Å². The van der Waals surface area contributed by atoms with Crippen LogP contribution < -0.4 is 0 Å². The highest BCUT2D eigenvalue weighted by Crippen LogP contribution is 2.56. The van der Waals surface area contributed by atoms with E-state index in [-0.39, 0.29) is 0 Å². The summed E-state index contributed by atoms with van der Waals surface area (Å²) in [7, 11) is 0. The summed E-state index contributed by atoms with van der Waals surface area (Å²) in [5.41, 5.74) is -0.672. The maximum absolute atomic E-state index is 9.47. The number of hydrogen-bond acceptors (Lipinski definition) is 4. The third kappa shape index (κ3) is 1.06. The number of hydrogen-bond donors (Lipinski definition) is 0. The summed E-state index contributed by atoms with van der Waals surface area (Å²) in [4.78, 5) is 5.53. The molecule has 0 aromatic heterocycles. The molecule has 0 aromatic carbocycles. The maximum atomic E-state index is 9.47. The van der Waals surface area contributed by atoms with E-state index in [4.69, 9.17) is 9.57 Å². The van der Waals surface area contributed by atoms with Crippen LogP contribution in [-0.4, -0.2) is 17.9 Å². The highest BCUT2D eigenvalue weighted by molar-refractivity contribution is 5.93. The molecule has 1 heterocycles. The van der Waals surface area contributed by atoms with Gasteiger partial charge >= 0.3 is 0 Å². The van der Waals surface area contributed by atoms with Gasteiger partial charge in [-0.05, 0) is 33.1 Å². The number of nitriles is 1. The van der Waals surface area contributed by atoms with Crippen molar-refractivity contribution in [1.82, 2.24) is 0 Å². The summed E-state index contributed by atoms with van der Waals surface area (Å²) < 4.78 is 5.46. The molecule has 0 amide bonds. The quantitative estimate of drug-likeness (QED) is 0.686. The summed E-state index contributed by atoms with van der Waals surface area (Å²) in [6.07, 6.45) is 2.46. The molecule has 16 heavy (non-hydrogen) atoms. The first kappa shape index (κ1) is 11.0. The molecule has 86 valence electrons. The van der Waals surface area contributed by atoms with E-state index in [1.54, 1.807) is 0 Å². The van der Waals surface area contributed by atoms with Crippen molar-refractivity contribution in [2.45, 2.75) is 38.7 Å². The standard InChI is InChI=1S/C12H16N2O2/c1-4-15-10(3)12-7-5-6-11(12,8-13)9(2)14-16-12/h3-7H2,1-2H3. The highest BCUT2D eigenvalue weighted by atomic mass is 16.7. The average Bonchev–Trinajstić information content (AvgIpc) is 2.77. The zero-order valence-electron chi connectivity index (χ0n) is 9.75. The second kappa shape index (κ2) is 3.51. The predicted octanol–water partition coefficient (Wildman–Crippen LogP) is 2.38. The minimum atomic E-state index is -0.748. The molecular weight excluding hydrogens is 204 g/mol. The van der Waals surface area contributed by atoms with Crippen molar-refractivity contribution in [2.75, 3.05) is 6.61 Å². The summed E-state index contributed by atoms with van der Waals surface area (Å²) in [5.74, 6) is 0.537. The molecule has 4 heteroatoms. The van der Waals surface area contributed by atoms with Crippen molar-refractivity contribution >= 4 is 5.71 Å². The molecular formula is C12H16N2O2. The van der Waals surface area contributed by atoms with Gasteiger partial charge in [-0.1, -0.05) is 11.7 Å². The fourth-order valence-corrected chi connectivity index (χ4v) is 2.79. The van der Waals surface area contributed by atoms with Crippen molar-refractivity contribution in [1.29, 1.82) is 5.26 Å². The van der Waals surface area contributed by atoms with Gasteiger partial charge in [0.15, 0.2) is 0 Å². The molecule has 2 atom stereocenters. The Hall–Kier alpha value is -1.50. The first-order valence-corrected chi connectivity index (χ1v) is 5.59. The molecule has 0 N–H and O–H groups in total. The Balaban J connectivity index is 2.42. The van der Waals surface area contributed by atoms with Crippen LogP contribution in [0, 0.1) is 16.7 Å². The number of nitrogens with zero attached hydrogens (tertiary/aromatic N) is 2. The summed E-state index contributed by atoms with van der Waals surface area (Å²) in [5, 5.41) is 13.5. The van der Waals surface area contributed by atoms with Crippen molar-refractivity contribution in [3.8, 4) is 6.07 Å². The molecule has 2 unspecified atom stereocenters. The first-order valence-electron chi connectivity index (χ1n) is 5.59. The first-order chi connectivity index (χ1) is 7.63. The Bertz CT molecular complexity index is 396.